The molecule has 0 spiro atoms. The average molecular weight is 326 g/mol. The SMILES string of the molecule is CCCC(=O)N(CCN(C)C)CC(=O)Nc1nc(C)c(C)s1. The molecule has 1 N–H and O–H groups in total. The molecule has 2 amide bonds. The summed E-state index contributed by atoms with van der Waals surface area (Å²) in [5, 5.41) is 3.37. The summed E-state index contributed by atoms with van der Waals surface area (Å²) in [7, 11) is 3.90. The van der Waals surface area contributed by atoms with Crippen molar-refractivity contribution in [1.29, 1.82) is 0 Å². The zero-order chi connectivity index (χ0) is 16.7. The highest BCUT2D eigenvalue weighted by Crippen LogP contribution is 2.20. The summed E-state index contributed by atoms with van der Waals surface area (Å²) < 4.78 is 0. The van der Waals surface area contributed by atoms with Crippen LogP contribution in [0.3, 0.4) is 0 Å². The fraction of sp³-hybridized carbons (Fsp3) is 0.667. The van der Waals surface area contributed by atoms with Crippen LogP contribution in [0.15, 0.2) is 0 Å². The molecule has 0 radical (unpaired) electrons. The largest absolute Gasteiger partial charge is 0.332 e. The number of likely N-dealkylation sites (N-methyl/N-ethyl adjacent to an activating group) is 1. The van der Waals surface area contributed by atoms with Gasteiger partial charge in [0.2, 0.25) is 11.8 Å². The Labute approximate surface area is 136 Å². The van der Waals surface area contributed by atoms with Gasteiger partial charge in [-0.05, 0) is 34.4 Å². The standard InChI is InChI=1S/C15H26N4O2S/c1-6-7-14(21)19(9-8-18(4)5)10-13(20)17-15-16-11(2)12(3)22-15/h6-10H2,1-5H3,(H,16,17,20). The van der Waals surface area contributed by atoms with E-state index >= 15 is 0 Å². The molecule has 1 aromatic rings. The number of nitrogens with zero attached hydrogens (tertiary/aromatic N) is 3. The highest BCUT2D eigenvalue weighted by molar-refractivity contribution is 7.15. The first-order valence-electron chi connectivity index (χ1n) is 7.49. The third kappa shape index (κ3) is 6.11. The minimum atomic E-state index is -0.197. The summed E-state index contributed by atoms with van der Waals surface area (Å²) in [5.41, 5.74) is 0.923. The maximum atomic E-state index is 12.1. The molecular formula is C15H26N4O2S. The van der Waals surface area contributed by atoms with E-state index in [1.807, 2.05) is 39.8 Å². The summed E-state index contributed by atoms with van der Waals surface area (Å²) in [6.45, 7) is 7.20. The van der Waals surface area contributed by atoms with E-state index in [0.717, 1.165) is 23.5 Å². The highest BCUT2D eigenvalue weighted by Gasteiger charge is 2.17. The van der Waals surface area contributed by atoms with Gasteiger partial charge in [0.25, 0.3) is 0 Å². The van der Waals surface area contributed by atoms with Crippen molar-refractivity contribution in [1.82, 2.24) is 14.8 Å². The van der Waals surface area contributed by atoms with Gasteiger partial charge in [0, 0.05) is 24.4 Å². The van der Waals surface area contributed by atoms with Crippen molar-refractivity contribution >= 4 is 28.3 Å². The molecule has 1 aromatic heterocycles. The van der Waals surface area contributed by atoms with Crippen LogP contribution in [0, 0.1) is 13.8 Å². The lowest BCUT2D eigenvalue weighted by molar-refractivity contribution is -0.134. The van der Waals surface area contributed by atoms with Gasteiger partial charge in [-0.2, -0.15) is 0 Å². The maximum Gasteiger partial charge on any atom is 0.245 e. The number of carbonyl (C=O) groups excluding carboxylic acids is 2. The summed E-state index contributed by atoms with van der Waals surface area (Å²) in [6, 6.07) is 0. The topological polar surface area (TPSA) is 65.5 Å². The number of aromatic nitrogens is 1. The van der Waals surface area contributed by atoms with E-state index in [1.165, 1.54) is 11.3 Å². The van der Waals surface area contributed by atoms with Crippen LogP contribution in [-0.2, 0) is 9.59 Å². The Hall–Kier alpha value is -1.47. The zero-order valence-corrected chi connectivity index (χ0v) is 14.9. The van der Waals surface area contributed by atoms with Crippen LogP contribution in [-0.4, -0.2) is 60.3 Å². The number of thiazole rings is 1. The van der Waals surface area contributed by atoms with E-state index < -0.39 is 0 Å². The Balaban J connectivity index is 2.62. The summed E-state index contributed by atoms with van der Waals surface area (Å²) >= 11 is 1.45. The molecule has 1 rings (SSSR count). The van der Waals surface area contributed by atoms with Gasteiger partial charge in [-0.15, -0.1) is 11.3 Å². The molecule has 0 fully saturated rings. The van der Waals surface area contributed by atoms with Crippen LogP contribution < -0.4 is 5.32 Å². The monoisotopic (exact) mass is 326 g/mol. The van der Waals surface area contributed by atoms with E-state index in [-0.39, 0.29) is 18.4 Å². The van der Waals surface area contributed by atoms with Crippen LogP contribution in [0.25, 0.3) is 0 Å². The second-order valence-electron chi connectivity index (χ2n) is 5.58. The second kappa shape index (κ2) is 8.85. The minimum Gasteiger partial charge on any atom is -0.332 e. The van der Waals surface area contributed by atoms with Crippen LogP contribution >= 0.6 is 11.3 Å². The van der Waals surface area contributed by atoms with E-state index in [1.54, 1.807) is 4.90 Å². The predicted octanol–water partition coefficient (Wildman–Crippen LogP) is 1.89. The average Bonchev–Trinajstić information content (AvgIpc) is 2.73. The number of aryl methyl sites for hydroxylation is 2. The molecular weight excluding hydrogens is 300 g/mol. The molecule has 0 aliphatic rings. The Morgan fingerprint density at radius 1 is 1.23 bits per heavy atom. The van der Waals surface area contributed by atoms with Gasteiger partial charge in [0.15, 0.2) is 5.13 Å². The molecule has 0 saturated heterocycles. The number of rotatable bonds is 8. The van der Waals surface area contributed by atoms with Crippen molar-refractivity contribution < 1.29 is 9.59 Å². The van der Waals surface area contributed by atoms with Crippen molar-refractivity contribution in [2.45, 2.75) is 33.6 Å². The Kier molecular flexibility index (Phi) is 7.47. The van der Waals surface area contributed by atoms with Gasteiger partial charge in [-0.25, -0.2) is 4.98 Å². The molecule has 0 saturated carbocycles. The molecule has 6 nitrogen and oxygen atoms in total. The molecule has 7 heteroatoms. The van der Waals surface area contributed by atoms with Crippen molar-refractivity contribution in [3.63, 3.8) is 0 Å². The first-order valence-corrected chi connectivity index (χ1v) is 8.31. The number of hydrogen-bond acceptors (Lipinski definition) is 5. The van der Waals surface area contributed by atoms with E-state index in [9.17, 15) is 9.59 Å². The molecule has 1 heterocycles. The number of nitrogens with one attached hydrogen (secondary N) is 1. The smallest absolute Gasteiger partial charge is 0.245 e. The minimum absolute atomic E-state index is 0.0194. The zero-order valence-electron chi connectivity index (χ0n) is 14.1. The van der Waals surface area contributed by atoms with Gasteiger partial charge in [0.05, 0.1) is 12.2 Å². The lowest BCUT2D eigenvalue weighted by Crippen LogP contribution is -2.41. The molecule has 22 heavy (non-hydrogen) atoms. The third-order valence-corrected chi connectivity index (χ3v) is 4.23. The van der Waals surface area contributed by atoms with Crippen LogP contribution in [0.1, 0.15) is 30.3 Å². The number of anilines is 1. The van der Waals surface area contributed by atoms with Gasteiger partial charge in [0.1, 0.15) is 0 Å². The molecule has 0 aliphatic carbocycles. The normalized spacial score (nSPS) is 10.8. The lowest BCUT2D eigenvalue weighted by atomic mass is 10.3. The fourth-order valence-corrected chi connectivity index (χ4v) is 2.67. The summed E-state index contributed by atoms with van der Waals surface area (Å²) in [6.07, 6.45) is 1.25. The van der Waals surface area contributed by atoms with Crippen molar-refractivity contribution in [2.24, 2.45) is 0 Å². The molecule has 0 atom stereocenters. The van der Waals surface area contributed by atoms with Gasteiger partial charge < -0.3 is 15.1 Å². The molecule has 0 aromatic carbocycles. The predicted molar refractivity (Wildman–Crippen MR) is 90.3 cm³/mol. The quantitative estimate of drug-likeness (QED) is 0.792. The van der Waals surface area contributed by atoms with Crippen LogP contribution in [0.5, 0.6) is 0 Å². The third-order valence-electron chi connectivity index (χ3n) is 3.24. The van der Waals surface area contributed by atoms with E-state index in [4.69, 9.17) is 0 Å². The molecule has 0 aliphatic heterocycles. The fourth-order valence-electron chi connectivity index (χ4n) is 1.84. The van der Waals surface area contributed by atoms with Gasteiger partial charge in [-0.1, -0.05) is 6.92 Å². The number of hydrogen-bond donors (Lipinski definition) is 1. The lowest BCUT2D eigenvalue weighted by Gasteiger charge is -2.23. The summed E-state index contributed by atoms with van der Waals surface area (Å²) in [5.74, 6) is -0.178. The number of amides is 2. The van der Waals surface area contributed by atoms with Crippen molar-refractivity contribution in [3.8, 4) is 0 Å². The van der Waals surface area contributed by atoms with Crippen LogP contribution in [0.2, 0.25) is 0 Å². The first-order chi connectivity index (χ1) is 10.3. The van der Waals surface area contributed by atoms with E-state index in [0.29, 0.717) is 18.1 Å². The van der Waals surface area contributed by atoms with Gasteiger partial charge in [-0.3, -0.25) is 9.59 Å². The maximum absolute atomic E-state index is 12.1. The van der Waals surface area contributed by atoms with Crippen LogP contribution in [0.4, 0.5) is 5.13 Å². The number of carbonyl (C=O) groups is 2. The van der Waals surface area contributed by atoms with Crippen molar-refractivity contribution in [2.75, 3.05) is 39.0 Å². The van der Waals surface area contributed by atoms with Gasteiger partial charge >= 0.3 is 0 Å². The van der Waals surface area contributed by atoms with E-state index in [2.05, 4.69) is 10.3 Å². The highest BCUT2D eigenvalue weighted by atomic mass is 32.1. The molecule has 124 valence electrons. The summed E-state index contributed by atoms with van der Waals surface area (Å²) in [4.78, 5) is 33.2. The Morgan fingerprint density at radius 3 is 2.41 bits per heavy atom. The second-order valence-corrected chi connectivity index (χ2v) is 6.78. The van der Waals surface area contributed by atoms with Crippen molar-refractivity contribution in [3.05, 3.63) is 10.6 Å². The first kappa shape index (κ1) is 18.6. The Bertz CT molecular complexity index is 494. The molecule has 0 bridgehead atoms. The Morgan fingerprint density at radius 2 is 1.91 bits per heavy atom. The molecule has 0 unspecified atom stereocenters.